The first-order valence-corrected chi connectivity index (χ1v) is 11.1. The fourth-order valence-electron chi connectivity index (χ4n) is 2.88. The maximum absolute atomic E-state index is 12.7. The van der Waals surface area contributed by atoms with Crippen LogP contribution in [0, 0.1) is 0 Å². The van der Waals surface area contributed by atoms with Crippen LogP contribution in [0.2, 0.25) is 5.02 Å². The zero-order chi connectivity index (χ0) is 19.9. The molecule has 0 aliphatic carbocycles. The minimum atomic E-state index is -3.71. The van der Waals surface area contributed by atoms with Crippen molar-refractivity contribution < 1.29 is 13.2 Å². The molecule has 1 aromatic heterocycles. The SMILES string of the molecule is CN1c2ccccc2-c2nc(SCC(=O)c3ccc(Cl)cc3)ncc2S1(=O)=O. The van der Waals surface area contributed by atoms with Gasteiger partial charge in [-0.1, -0.05) is 41.6 Å². The van der Waals surface area contributed by atoms with Crippen molar-refractivity contribution >= 4 is 44.9 Å². The van der Waals surface area contributed by atoms with E-state index >= 15 is 0 Å². The third-order valence-corrected chi connectivity index (χ3v) is 7.25. The highest BCUT2D eigenvalue weighted by molar-refractivity contribution is 7.99. The number of para-hydroxylation sites is 1. The smallest absolute Gasteiger partial charge is 0.267 e. The second-order valence-corrected chi connectivity index (χ2v) is 9.39. The Morgan fingerprint density at radius 1 is 1.14 bits per heavy atom. The fourth-order valence-corrected chi connectivity index (χ4v) is 5.02. The number of carbonyl (C=O) groups excluding carboxylic acids is 1. The van der Waals surface area contributed by atoms with Gasteiger partial charge in [-0.3, -0.25) is 9.10 Å². The molecule has 1 aliphatic heterocycles. The van der Waals surface area contributed by atoms with Gasteiger partial charge in [0, 0.05) is 23.2 Å². The molecule has 1 aliphatic rings. The van der Waals surface area contributed by atoms with Crippen LogP contribution in [0.15, 0.2) is 64.8 Å². The number of benzene rings is 2. The van der Waals surface area contributed by atoms with Crippen LogP contribution < -0.4 is 4.31 Å². The van der Waals surface area contributed by atoms with Gasteiger partial charge < -0.3 is 0 Å². The van der Waals surface area contributed by atoms with Gasteiger partial charge >= 0.3 is 0 Å². The maximum atomic E-state index is 12.7. The highest BCUT2D eigenvalue weighted by Crippen LogP contribution is 2.41. The summed E-state index contributed by atoms with van der Waals surface area (Å²) in [6, 6.07) is 13.8. The Morgan fingerprint density at radius 2 is 1.86 bits per heavy atom. The van der Waals surface area contributed by atoms with Crippen LogP contribution in [0.25, 0.3) is 11.3 Å². The van der Waals surface area contributed by atoms with E-state index in [0.29, 0.717) is 32.7 Å². The Balaban J connectivity index is 1.64. The Kier molecular flexibility index (Phi) is 4.86. The normalized spacial score (nSPS) is 14.3. The van der Waals surface area contributed by atoms with Crippen molar-refractivity contribution in [1.82, 2.24) is 9.97 Å². The van der Waals surface area contributed by atoms with E-state index in [4.69, 9.17) is 11.6 Å². The first-order valence-electron chi connectivity index (χ1n) is 8.25. The van der Waals surface area contributed by atoms with E-state index in [1.54, 1.807) is 36.4 Å². The number of hydrogen-bond acceptors (Lipinski definition) is 6. The van der Waals surface area contributed by atoms with Crippen LogP contribution in [-0.2, 0) is 10.0 Å². The Labute approximate surface area is 171 Å². The summed E-state index contributed by atoms with van der Waals surface area (Å²) >= 11 is 7.01. The van der Waals surface area contributed by atoms with E-state index in [0.717, 1.165) is 11.8 Å². The number of Topliss-reactive ketones (excluding diaryl/α,β-unsaturated/α-hetero) is 1. The van der Waals surface area contributed by atoms with Crippen molar-refractivity contribution in [3.8, 4) is 11.3 Å². The molecular formula is C19H14ClN3O3S2. The third kappa shape index (κ3) is 3.28. The number of nitrogens with zero attached hydrogens (tertiary/aromatic N) is 3. The number of hydrogen-bond donors (Lipinski definition) is 0. The molecule has 2 heterocycles. The van der Waals surface area contributed by atoms with Crippen LogP contribution in [0.3, 0.4) is 0 Å². The molecule has 28 heavy (non-hydrogen) atoms. The van der Waals surface area contributed by atoms with E-state index in [1.807, 2.05) is 12.1 Å². The molecular weight excluding hydrogens is 418 g/mol. The standard InChI is InChI=1S/C19H14ClN3O3S2/c1-23-15-5-3-2-4-14(15)18-17(28(23,25)26)10-21-19(22-18)27-11-16(24)12-6-8-13(20)9-7-12/h2-10H,11H2,1H3. The largest absolute Gasteiger partial charge is 0.293 e. The van der Waals surface area contributed by atoms with Gasteiger partial charge in [-0.05, 0) is 30.3 Å². The molecule has 0 saturated heterocycles. The molecule has 0 radical (unpaired) electrons. The van der Waals surface area contributed by atoms with Gasteiger partial charge in [0.1, 0.15) is 4.90 Å². The van der Waals surface area contributed by atoms with Crippen LogP contribution in [-0.4, -0.2) is 37.0 Å². The number of aromatic nitrogens is 2. The number of halogens is 1. The lowest BCUT2D eigenvalue weighted by Gasteiger charge is -2.28. The van der Waals surface area contributed by atoms with Crippen molar-refractivity contribution in [2.75, 3.05) is 17.1 Å². The molecule has 0 N–H and O–H groups in total. The maximum Gasteiger partial charge on any atom is 0.267 e. The quantitative estimate of drug-likeness (QED) is 0.354. The molecule has 0 saturated carbocycles. The van der Waals surface area contributed by atoms with Crippen LogP contribution in [0.5, 0.6) is 0 Å². The van der Waals surface area contributed by atoms with Crippen molar-refractivity contribution in [3.05, 3.63) is 65.3 Å². The van der Waals surface area contributed by atoms with Gasteiger partial charge in [0.15, 0.2) is 10.9 Å². The summed E-state index contributed by atoms with van der Waals surface area (Å²) in [7, 11) is -2.21. The lowest BCUT2D eigenvalue weighted by Crippen LogP contribution is -2.31. The van der Waals surface area contributed by atoms with Crippen molar-refractivity contribution in [2.45, 2.75) is 10.1 Å². The molecule has 6 nitrogen and oxygen atoms in total. The Bertz CT molecular complexity index is 1180. The Morgan fingerprint density at radius 3 is 2.61 bits per heavy atom. The molecule has 0 bridgehead atoms. The van der Waals surface area contributed by atoms with E-state index in [1.165, 1.54) is 17.5 Å². The number of thioether (sulfide) groups is 1. The van der Waals surface area contributed by atoms with Gasteiger partial charge in [-0.25, -0.2) is 18.4 Å². The molecule has 0 atom stereocenters. The molecule has 4 rings (SSSR count). The number of carbonyl (C=O) groups is 1. The van der Waals surface area contributed by atoms with E-state index in [-0.39, 0.29) is 16.4 Å². The van der Waals surface area contributed by atoms with Gasteiger partial charge in [-0.15, -0.1) is 0 Å². The molecule has 0 amide bonds. The first kappa shape index (κ1) is 18.9. The molecule has 0 unspecified atom stereocenters. The molecule has 0 spiro atoms. The Hall–Kier alpha value is -2.42. The number of anilines is 1. The van der Waals surface area contributed by atoms with E-state index in [2.05, 4.69) is 9.97 Å². The highest BCUT2D eigenvalue weighted by atomic mass is 35.5. The zero-order valence-corrected chi connectivity index (χ0v) is 17.1. The van der Waals surface area contributed by atoms with Crippen LogP contribution in [0.1, 0.15) is 10.4 Å². The minimum absolute atomic E-state index is 0.0575. The predicted molar refractivity (Wildman–Crippen MR) is 110 cm³/mol. The van der Waals surface area contributed by atoms with Crippen molar-refractivity contribution in [3.63, 3.8) is 0 Å². The molecule has 142 valence electrons. The molecule has 2 aromatic carbocycles. The summed E-state index contributed by atoms with van der Waals surface area (Å²) in [4.78, 5) is 21.0. The van der Waals surface area contributed by atoms with E-state index < -0.39 is 10.0 Å². The number of ketones is 1. The van der Waals surface area contributed by atoms with Crippen LogP contribution in [0.4, 0.5) is 5.69 Å². The van der Waals surface area contributed by atoms with Crippen LogP contribution >= 0.6 is 23.4 Å². The second-order valence-electron chi connectivity index (χ2n) is 6.07. The fraction of sp³-hybridized carbons (Fsp3) is 0.105. The van der Waals surface area contributed by atoms with E-state index in [9.17, 15) is 13.2 Å². The number of rotatable bonds is 4. The number of sulfonamides is 1. The third-order valence-electron chi connectivity index (χ3n) is 4.37. The van der Waals surface area contributed by atoms with Gasteiger partial charge in [0.25, 0.3) is 10.0 Å². The zero-order valence-electron chi connectivity index (χ0n) is 14.7. The summed E-state index contributed by atoms with van der Waals surface area (Å²) in [5.74, 6) is 0.0464. The highest BCUT2D eigenvalue weighted by Gasteiger charge is 2.34. The molecule has 3 aromatic rings. The average molecular weight is 432 g/mol. The second kappa shape index (κ2) is 7.20. The minimum Gasteiger partial charge on any atom is -0.293 e. The average Bonchev–Trinajstić information content (AvgIpc) is 2.71. The summed E-state index contributed by atoms with van der Waals surface area (Å²) in [6.45, 7) is 0. The first-order chi connectivity index (χ1) is 13.4. The van der Waals surface area contributed by atoms with Gasteiger partial charge in [0.2, 0.25) is 0 Å². The van der Waals surface area contributed by atoms with Gasteiger partial charge in [-0.2, -0.15) is 0 Å². The lowest BCUT2D eigenvalue weighted by molar-refractivity contribution is 0.102. The van der Waals surface area contributed by atoms with Crippen molar-refractivity contribution in [1.29, 1.82) is 0 Å². The number of fused-ring (bicyclic) bond motifs is 3. The monoisotopic (exact) mass is 431 g/mol. The lowest BCUT2D eigenvalue weighted by atomic mass is 10.1. The summed E-state index contributed by atoms with van der Waals surface area (Å²) in [5, 5.41) is 0.905. The summed E-state index contributed by atoms with van der Waals surface area (Å²) in [5.41, 5.74) is 2.17. The predicted octanol–water partition coefficient (Wildman–Crippen LogP) is 3.91. The summed E-state index contributed by atoms with van der Waals surface area (Å²) < 4.78 is 26.7. The van der Waals surface area contributed by atoms with Crippen molar-refractivity contribution in [2.24, 2.45) is 0 Å². The summed E-state index contributed by atoms with van der Waals surface area (Å²) in [6.07, 6.45) is 1.30. The topological polar surface area (TPSA) is 80.2 Å². The van der Waals surface area contributed by atoms with Gasteiger partial charge in [0.05, 0.1) is 23.3 Å². The molecule has 0 fully saturated rings. The molecule has 9 heteroatoms.